The van der Waals surface area contributed by atoms with Crippen molar-refractivity contribution in [2.24, 2.45) is 0 Å². The number of rotatable bonds is 2. The second-order valence-corrected chi connectivity index (χ2v) is 3.91. The first-order valence-corrected chi connectivity index (χ1v) is 4.87. The summed E-state index contributed by atoms with van der Waals surface area (Å²) in [6.45, 7) is 3.49. The summed E-state index contributed by atoms with van der Waals surface area (Å²) < 4.78 is 0. The molecule has 0 aliphatic carbocycles. The van der Waals surface area contributed by atoms with Gasteiger partial charge in [-0.3, -0.25) is 4.79 Å². The lowest BCUT2D eigenvalue weighted by molar-refractivity contribution is -0.131. The summed E-state index contributed by atoms with van der Waals surface area (Å²) >= 11 is 5.20. The van der Waals surface area contributed by atoms with Crippen LogP contribution in [0.5, 0.6) is 0 Å². The van der Waals surface area contributed by atoms with Crippen molar-refractivity contribution in [3.05, 3.63) is 0 Å². The molecule has 0 aromatic carbocycles. The van der Waals surface area contributed by atoms with Crippen molar-refractivity contribution in [3.8, 4) is 0 Å². The summed E-state index contributed by atoms with van der Waals surface area (Å²) in [5.74, 6) is 0.0332. The van der Waals surface area contributed by atoms with Gasteiger partial charge in [0.1, 0.15) is 6.17 Å². The molecule has 0 bridgehead atoms. The number of nitrogens with zero attached hydrogens (tertiary/aromatic N) is 3. The Labute approximate surface area is 91.5 Å². The van der Waals surface area contributed by atoms with E-state index in [2.05, 4.69) is 0 Å². The molecule has 0 radical (unpaired) electrons. The average Bonchev–Trinajstić information content (AvgIpc) is 2.12. The second-order valence-electron chi connectivity index (χ2n) is 3.55. The minimum Gasteiger partial charge on any atom is -0.355 e. The van der Waals surface area contributed by atoms with E-state index in [1.807, 2.05) is 37.9 Å². The zero-order chi connectivity index (χ0) is 11.5. The number of amides is 1. The zero-order valence-electron chi connectivity index (χ0n) is 9.74. The fourth-order valence-corrected chi connectivity index (χ4v) is 1.15. The van der Waals surface area contributed by atoms with Gasteiger partial charge in [-0.15, -0.1) is 0 Å². The molecule has 0 aromatic rings. The van der Waals surface area contributed by atoms with Crippen molar-refractivity contribution < 1.29 is 4.79 Å². The van der Waals surface area contributed by atoms with Gasteiger partial charge in [0.25, 0.3) is 0 Å². The van der Waals surface area contributed by atoms with Crippen LogP contribution in [0.2, 0.25) is 0 Å². The van der Waals surface area contributed by atoms with Crippen molar-refractivity contribution in [2.75, 3.05) is 28.2 Å². The molecule has 0 aliphatic heterocycles. The molecule has 82 valence electrons. The summed E-state index contributed by atoms with van der Waals surface area (Å²) in [7, 11) is 7.42. The Morgan fingerprint density at radius 2 is 1.57 bits per heavy atom. The van der Waals surface area contributed by atoms with E-state index < -0.39 is 0 Å². The van der Waals surface area contributed by atoms with E-state index in [4.69, 9.17) is 12.2 Å². The van der Waals surface area contributed by atoms with Gasteiger partial charge in [-0.1, -0.05) is 0 Å². The van der Waals surface area contributed by atoms with Crippen LogP contribution in [0.4, 0.5) is 0 Å². The van der Waals surface area contributed by atoms with Gasteiger partial charge in [-0.05, 0) is 19.1 Å². The molecule has 4 nitrogen and oxygen atoms in total. The Morgan fingerprint density at radius 3 is 1.86 bits per heavy atom. The van der Waals surface area contributed by atoms with Gasteiger partial charge in [0.15, 0.2) is 5.11 Å². The highest BCUT2D eigenvalue weighted by Crippen LogP contribution is 2.04. The van der Waals surface area contributed by atoms with Crippen molar-refractivity contribution in [1.29, 1.82) is 0 Å². The molecule has 0 aromatic heterocycles. The maximum atomic E-state index is 11.1. The highest BCUT2D eigenvalue weighted by molar-refractivity contribution is 7.80. The van der Waals surface area contributed by atoms with Crippen molar-refractivity contribution >= 4 is 23.2 Å². The van der Waals surface area contributed by atoms with Gasteiger partial charge < -0.3 is 14.7 Å². The highest BCUT2D eigenvalue weighted by atomic mass is 32.1. The number of carbonyl (C=O) groups is 1. The SMILES string of the molecule is CC(=O)N(C)C(C)N(C)C(=S)N(C)C. The van der Waals surface area contributed by atoms with Crippen LogP contribution in [0.15, 0.2) is 0 Å². The normalized spacial score (nSPS) is 11.9. The number of hydrogen-bond acceptors (Lipinski definition) is 2. The van der Waals surface area contributed by atoms with E-state index in [1.165, 1.54) is 0 Å². The van der Waals surface area contributed by atoms with Gasteiger partial charge >= 0.3 is 0 Å². The molecule has 0 rings (SSSR count). The minimum absolute atomic E-state index is 0.0256. The summed E-state index contributed by atoms with van der Waals surface area (Å²) in [4.78, 5) is 16.5. The summed E-state index contributed by atoms with van der Waals surface area (Å²) in [6, 6.07) is 0. The third-order valence-electron chi connectivity index (χ3n) is 2.30. The van der Waals surface area contributed by atoms with Crippen LogP contribution >= 0.6 is 12.2 Å². The largest absolute Gasteiger partial charge is 0.355 e. The molecule has 0 saturated carbocycles. The van der Waals surface area contributed by atoms with Gasteiger partial charge in [-0.2, -0.15) is 0 Å². The van der Waals surface area contributed by atoms with Crippen LogP contribution in [0, 0.1) is 0 Å². The third-order valence-corrected chi connectivity index (χ3v) is 2.96. The van der Waals surface area contributed by atoms with Crippen LogP contribution in [-0.4, -0.2) is 60.1 Å². The van der Waals surface area contributed by atoms with Crippen molar-refractivity contribution in [1.82, 2.24) is 14.7 Å². The van der Waals surface area contributed by atoms with Gasteiger partial charge in [0, 0.05) is 35.1 Å². The van der Waals surface area contributed by atoms with Crippen LogP contribution < -0.4 is 0 Å². The molecule has 0 N–H and O–H groups in total. The molecule has 0 fully saturated rings. The van der Waals surface area contributed by atoms with Crippen LogP contribution in [0.1, 0.15) is 13.8 Å². The van der Waals surface area contributed by atoms with Gasteiger partial charge in [-0.25, -0.2) is 0 Å². The topological polar surface area (TPSA) is 26.8 Å². The lowest BCUT2D eigenvalue weighted by Gasteiger charge is -2.35. The Morgan fingerprint density at radius 1 is 1.14 bits per heavy atom. The standard InChI is InChI=1S/C9H19N3OS/c1-7(11(5)8(2)13)12(6)9(14)10(3)4/h7H,1-6H3. The molecule has 5 heteroatoms. The Hall–Kier alpha value is -0.840. The maximum absolute atomic E-state index is 11.1. The first-order chi connectivity index (χ1) is 6.29. The summed E-state index contributed by atoms with van der Waals surface area (Å²) in [5.41, 5.74) is 0. The van der Waals surface area contributed by atoms with E-state index in [1.54, 1.807) is 18.9 Å². The lowest BCUT2D eigenvalue weighted by atomic mass is 10.4. The molecule has 0 saturated heterocycles. The fraction of sp³-hybridized carbons (Fsp3) is 0.778. The van der Waals surface area contributed by atoms with Crippen LogP contribution in [-0.2, 0) is 4.79 Å². The quantitative estimate of drug-likeness (QED) is 0.500. The molecule has 0 heterocycles. The molecule has 0 aliphatic rings. The lowest BCUT2D eigenvalue weighted by Crippen LogP contribution is -2.50. The fourth-order valence-electron chi connectivity index (χ4n) is 0.998. The van der Waals surface area contributed by atoms with Crippen LogP contribution in [0.3, 0.4) is 0 Å². The first-order valence-electron chi connectivity index (χ1n) is 4.46. The third kappa shape index (κ3) is 3.14. The molecular weight excluding hydrogens is 198 g/mol. The van der Waals surface area contributed by atoms with E-state index in [0.29, 0.717) is 5.11 Å². The number of carbonyl (C=O) groups excluding carboxylic acids is 1. The highest BCUT2D eigenvalue weighted by Gasteiger charge is 2.19. The van der Waals surface area contributed by atoms with Crippen molar-refractivity contribution in [3.63, 3.8) is 0 Å². The molecular formula is C9H19N3OS. The predicted octanol–water partition coefficient (Wildman–Crippen LogP) is 0.589. The Kier molecular flexibility index (Phi) is 4.83. The molecule has 1 amide bonds. The Bertz CT molecular complexity index is 230. The van der Waals surface area contributed by atoms with E-state index in [0.717, 1.165) is 0 Å². The smallest absolute Gasteiger partial charge is 0.220 e. The Balaban J connectivity index is 4.46. The second kappa shape index (κ2) is 5.14. The first kappa shape index (κ1) is 13.2. The maximum Gasteiger partial charge on any atom is 0.220 e. The molecule has 1 atom stereocenters. The monoisotopic (exact) mass is 217 g/mol. The number of hydrogen-bond donors (Lipinski definition) is 0. The minimum atomic E-state index is -0.0256. The van der Waals surface area contributed by atoms with Crippen LogP contribution in [0.25, 0.3) is 0 Å². The molecule has 14 heavy (non-hydrogen) atoms. The average molecular weight is 217 g/mol. The van der Waals surface area contributed by atoms with E-state index in [9.17, 15) is 4.79 Å². The number of thiocarbonyl (C=S) groups is 1. The summed E-state index contributed by atoms with van der Waals surface area (Å²) in [5, 5.41) is 0.714. The van der Waals surface area contributed by atoms with E-state index in [-0.39, 0.29) is 12.1 Å². The molecule has 1 unspecified atom stereocenters. The van der Waals surface area contributed by atoms with E-state index >= 15 is 0 Å². The van der Waals surface area contributed by atoms with Gasteiger partial charge in [0.2, 0.25) is 5.91 Å². The zero-order valence-corrected chi connectivity index (χ0v) is 10.6. The van der Waals surface area contributed by atoms with Crippen molar-refractivity contribution in [2.45, 2.75) is 20.0 Å². The summed E-state index contributed by atoms with van der Waals surface area (Å²) in [6.07, 6.45) is -0.0256. The van der Waals surface area contributed by atoms with Gasteiger partial charge in [0.05, 0.1) is 0 Å². The molecule has 0 spiro atoms. The predicted molar refractivity (Wildman–Crippen MR) is 62.0 cm³/mol.